The van der Waals surface area contributed by atoms with Crippen molar-refractivity contribution in [1.82, 2.24) is 5.32 Å². The summed E-state index contributed by atoms with van der Waals surface area (Å²) in [6.07, 6.45) is -0.323. The second-order valence-electron chi connectivity index (χ2n) is 6.68. The number of hydrogen-bond donors (Lipinski definition) is 4. The van der Waals surface area contributed by atoms with Crippen molar-refractivity contribution in [2.45, 2.75) is 25.8 Å². The summed E-state index contributed by atoms with van der Waals surface area (Å²) in [5.41, 5.74) is 0.747. The van der Waals surface area contributed by atoms with Gasteiger partial charge in [-0.15, -0.1) is 0 Å². The number of benzene rings is 2. The van der Waals surface area contributed by atoms with E-state index >= 15 is 0 Å². The zero-order chi connectivity index (χ0) is 21.1. The van der Waals surface area contributed by atoms with Crippen LogP contribution in [0.5, 0.6) is 11.5 Å². The molecule has 0 spiro atoms. The molecule has 0 unspecified atom stereocenters. The molecule has 29 heavy (non-hydrogen) atoms. The number of carbonyl (C=O) groups excluding carboxylic acids is 1. The normalized spacial score (nSPS) is 11.9. The summed E-state index contributed by atoms with van der Waals surface area (Å²) in [5.74, 6) is -1.85. The number of nitrogens with one attached hydrogen (secondary N) is 1. The first-order valence-electron chi connectivity index (χ1n) is 8.80. The zero-order valence-corrected chi connectivity index (χ0v) is 15.5. The topological polar surface area (TPSA) is 137 Å². The molecule has 0 aliphatic heterocycles. The van der Waals surface area contributed by atoms with Crippen LogP contribution in [0.25, 0.3) is 11.0 Å². The summed E-state index contributed by atoms with van der Waals surface area (Å²) in [6.45, 7) is 1.66. The maximum atomic E-state index is 12.4. The van der Waals surface area contributed by atoms with Crippen molar-refractivity contribution in [3.05, 3.63) is 69.6 Å². The molecule has 3 aromatic rings. The van der Waals surface area contributed by atoms with Crippen LogP contribution < -0.4 is 10.9 Å². The highest BCUT2D eigenvalue weighted by Crippen LogP contribution is 2.23. The number of aryl methyl sites for hydroxylation is 1. The van der Waals surface area contributed by atoms with Gasteiger partial charge in [-0.25, -0.2) is 9.59 Å². The molecule has 8 heteroatoms. The van der Waals surface area contributed by atoms with E-state index in [0.717, 1.165) is 0 Å². The molecule has 4 N–H and O–H groups in total. The van der Waals surface area contributed by atoms with Crippen LogP contribution >= 0.6 is 0 Å². The molecule has 2 aromatic carbocycles. The Hall–Kier alpha value is -3.81. The third kappa shape index (κ3) is 4.55. The van der Waals surface area contributed by atoms with Crippen LogP contribution in [0.2, 0.25) is 0 Å². The highest BCUT2D eigenvalue weighted by atomic mass is 16.4. The Kier molecular flexibility index (Phi) is 5.54. The van der Waals surface area contributed by atoms with Gasteiger partial charge in [-0.05, 0) is 42.3 Å². The van der Waals surface area contributed by atoms with Crippen molar-refractivity contribution in [2.75, 3.05) is 0 Å². The Balaban J connectivity index is 1.79. The number of carboxylic acid groups (broad SMARTS) is 1. The minimum atomic E-state index is -1.22. The molecule has 3 rings (SSSR count). The average molecular weight is 397 g/mol. The maximum absolute atomic E-state index is 12.4. The van der Waals surface area contributed by atoms with Crippen LogP contribution in [-0.2, 0) is 22.4 Å². The van der Waals surface area contributed by atoms with Crippen molar-refractivity contribution in [1.29, 1.82) is 0 Å². The number of fused-ring (bicyclic) bond motifs is 1. The molecule has 1 atom stereocenters. The standard InChI is InChI=1S/C21H19NO7/c1-11-15-7-6-14(24)9-18(15)29-21(28)16(11)10-19(25)22-17(20(26)27)8-12-2-4-13(23)5-3-12/h2-7,9,17,23-24H,8,10H2,1H3,(H,22,25)(H,26,27)/t17-/m0/s1. The van der Waals surface area contributed by atoms with Crippen LogP contribution in [0.15, 0.2) is 51.7 Å². The molecule has 150 valence electrons. The van der Waals surface area contributed by atoms with E-state index in [9.17, 15) is 29.7 Å². The van der Waals surface area contributed by atoms with Gasteiger partial charge in [0.2, 0.25) is 5.91 Å². The average Bonchev–Trinajstić information content (AvgIpc) is 2.66. The van der Waals surface area contributed by atoms with Gasteiger partial charge < -0.3 is 25.1 Å². The molecule has 0 aliphatic rings. The maximum Gasteiger partial charge on any atom is 0.340 e. The molecule has 0 bridgehead atoms. The molecule has 8 nitrogen and oxygen atoms in total. The lowest BCUT2D eigenvalue weighted by Crippen LogP contribution is -2.43. The fourth-order valence-corrected chi connectivity index (χ4v) is 3.06. The smallest absolute Gasteiger partial charge is 0.340 e. The SMILES string of the molecule is Cc1c(CC(=O)N[C@@H](Cc2ccc(O)cc2)C(=O)O)c(=O)oc2cc(O)ccc12. The van der Waals surface area contributed by atoms with Crippen molar-refractivity contribution >= 4 is 22.8 Å². The van der Waals surface area contributed by atoms with Gasteiger partial charge in [-0.3, -0.25) is 4.79 Å². The number of carbonyl (C=O) groups is 2. The van der Waals surface area contributed by atoms with Gasteiger partial charge in [0.15, 0.2) is 0 Å². The van der Waals surface area contributed by atoms with Gasteiger partial charge in [0.05, 0.1) is 12.0 Å². The second-order valence-corrected chi connectivity index (χ2v) is 6.68. The number of aliphatic carboxylic acids is 1. The second kappa shape index (κ2) is 8.05. The summed E-state index contributed by atoms with van der Waals surface area (Å²) in [4.78, 5) is 36.2. The van der Waals surface area contributed by atoms with Crippen LogP contribution in [0.4, 0.5) is 0 Å². The zero-order valence-electron chi connectivity index (χ0n) is 15.5. The minimum Gasteiger partial charge on any atom is -0.508 e. The van der Waals surface area contributed by atoms with Crippen molar-refractivity contribution < 1.29 is 29.3 Å². The number of phenols is 2. The highest BCUT2D eigenvalue weighted by molar-refractivity contribution is 5.87. The van der Waals surface area contributed by atoms with Gasteiger partial charge in [-0.1, -0.05) is 12.1 Å². The molecule has 1 aromatic heterocycles. The summed E-state index contributed by atoms with van der Waals surface area (Å²) < 4.78 is 5.18. The van der Waals surface area contributed by atoms with E-state index in [0.29, 0.717) is 16.5 Å². The molecule has 1 heterocycles. The molecule has 0 radical (unpaired) electrons. The lowest BCUT2D eigenvalue weighted by molar-refractivity contribution is -0.141. The Labute approximate surface area is 165 Å². The number of aromatic hydroxyl groups is 2. The Morgan fingerprint density at radius 2 is 1.72 bits per heavy atom. The van der Waals surface area contributed by atoms with E-state index in [1.807, 2.05) is 0 Å². The van der Waals surface area contributed by atoms with Gasteiger partial charge in [-0.2, -0.15) is 0 Å². The van der Waals surface area contributed by atoms with Gasteiger partial charge in [0.1, 0.15) is 23.1 Å². The molecule has 0 fully saturated rings. The Morgan fingerprint density at radius 1 is 1.07 bits per heavy atom. The first-order valence-corrected chi connectivity index (χ1v) is 8.80. The minimum absolute atomic E-state index is 0.0198. The highest BCUT2D eigenvalue weighted by Gasteiger charge is 2.22. The van der Waals surface area contributed by atoms with E-state index in [2.05, 4.69) is 5.32 Å². The first-order chi connectivity index (χ1) is 13.7. The monoisotopic (exact) mass is 397 g/mol. The first kappa shape index (κ1) is 19.9. The Bertz CT molecular complexity index is 1130. The van der Waals surface area contributed by atoms with Gasteiger partial charge in [0, 0.05) is 17.9 Å². The lowest BCUT2D eigenvalue weighted by atomic mass is 10.0. The third-order valence-electron chi connectivity index (χ3n) is 4.62. The third-order valence-corrected chi connectivity index (χ3v) is 4.62. The van der Waals surface area contributed by atoms with E-state index in [4.69, 9.17) is 4.42 Å². The summed E-state index contributed by atoms with van der Waals surface area (Å²) in [5, 5.41) is 31.2. The number of hydrogen-bond acceptors (Lipinski definition) is 6. The predicted molar refractivity (Wildman–Crippen MR) is 104 cm³/mol. The fraction of sp³-hybridized carbons (Fsp3) is 0.190. The molecule has 0 saturated carbocycles. The molecular formula is C21H19NO7. The number of amides is 1. The van der Waals surface area contributed by atoms with Crippen LogP contribution in [0, 0.1) is 6.92 Å². The van der Waals surface area contributed by atoms with E-state index in [1.165, 1.54) is 24.3 Å². The lowest BCUT2D eigenvalue weighted by Gasteiger charge is -2.15. The summed E-state index contributed by atoms with van der Waals surface area (Å²) in [7, 11) is 0. The largest absolute Gasteiger partial charge is 0.508 e. The Morgan fingerprint density at radius 3 is 2.38 bits per heavy atom. The molecule has 0 aliphatic carbocycles. The van der Waals surface area contributed by atoms with Crippen molar-refractivity contribution in [3.63, 3.8) is 0 Å². The van der Waals surface area contributed by atoms with Crippen LogP contribution in [0.3, 0.4) is 0 Å². The molecule has 1 amide bonds. The van der Waals surface area contributed by atoms with Gasteiger partial charge in [0.25, 0.3) is 0 Å². The van der Waals surface area contributed by atoms with E-state index in [-0.39, 0.29) is 35.5 Å². The van der Waals surface area contributed by atoms with E-state index < -0.39 is 23.5 Å². The van der Waals surface area contributed by atoms with Crippen molar-refractivity contribution in [3.8, 4) is 11.5 Å². The summed E-state index contributed by atoms with van der Waals surface area (Å²) in [6, 6.07) is 9.12. The predicted octanol–water partition coefficient (Wildman–Crippen LogP) is 1.87. The summed E-state index contributed by atoms with van der Waals surface area (Å²) >= 11 is 0. The quantitative estimate of drug-likeness (QED) is 0.466. The molecule has 0 saturated heterocycles. The molecular weight excluding hydrogens is 378 g/mol. The number of phenolic OH excluding ortho intramolecular Hbond substituents is 2. The van der Waals surface area contributed by atoms with Crippen LogP contribution in [-0.4, -0.2) is 33.2 Å². The number of carboxylic acids is 1. The van der Waals surface area contributed by atoms with Gasteiger partial charge >= 0.3 is 11.6 Å². The number of rotatable bonds is 6. The van der Waals surface area contributed by atoms with E-state index in [1.54, 1.807) is 25.1 Å². The van der Waals surface area contributed by atoms with Crippen molar-refractivity contribution in [2.24, 2.45) is 0 Å². The fourth-order valence-electron chi connectivity index (χ4n) is 3.06. The van der Waals surface area contributed by atoms with Crippen LogP contribution in [0.1, 0.15) is 16.7 Å².